The number of carbonyl (C=O) groups is 2. The smallest absolute Gasteiger partial charge is 0.317 e. The van der Waals surface area contributed by atoms with E-state index >= 15 is 0 Å². The molecular formula is C14H17N3O4. The van der Waals surface area contributed by atoms with Gasteiger partial charge in [0, 0.05) is 19.3 Å². The average Bonchev–Trinajstić information content (AvgIpc) is 2.45. The minimum atomic E-state index is -1.00. The second kappa shape index (κ2) is 8.68. The Kier molecular flexibility index (Phi) is 6.87. The Labute approximate surface area is 122 Å². The van der Waals surface area contributed by atoms with Crippen LogP contribution >= 0.6 is 0 Å². The van der Waals surface area contributed by atoms with Gasteiger partial charge in [0.05, 0.1) is 31.3 Å². The zero-order valence-electron chi connectivity index (χ0n) is 11.7. The molecule has 0 saturated heterocycles. The Bertz CT molecular complexity index is 522. The lowest BCUT2D eigenvalue weighted by atomic mass is 10.2. The first-order valence-corrected chi connectivity index (χ1v) is 6.28. The molecule has 0 fully saturated rings. The fourth-order valence-corrected chi connectivity index (χ4v) is 1.66. The summed E-state index contributed by atoms with van der Waals surface area (Å²) in [6, 6.07) is 8.41. The van der Waals surface area contributed by atoms with Crippen molar-refractivity contribution in [3.63, 3.8) is 0 Å². The van der Waals surface area contributed by atoms with Crippen LogP contribution in [0, 0.1) is 11.3 Å². The van der Waals surface area contributed by atoms with Crippen molar-refractivity contribution in [1.29, 1.82) is 5.26 Å². The van der Waals surface area contributed by atoms with Crippen LogP contribution in [0.5, 0.6) is 0 Å². The first-order valence-electron chi connectivity index (χ1n) is 6.28. The number of benzene rings is 1. The Morgan fingerprint density at radius 2 is 2.00 bits per heavy atom. The summed E-state index contributed by atoms with van der Waals surface area (Å²) in [5.41, 5.74) is 1.06. The van der Waals surface area contributed by atoms with Crippen molar-refractivity contribution in [2.24, 2.45) is 0 Å². The number of hydrogen-bond acceptors (Lipinski definition) is 5. The Hall–Kier alpha value is -2.43. The van der Waals surface area contributed by atoms with Gasteiger partial charge in [-0.1, -0.05) is 0 Å². The molecule has 0 saturated carbocycles. The van der Waals surface area contributed by atoms with E-state index in [0.717, 1.165) is 0 Å². The molecule has 0 unspecified atom stereocenters. The van der Waals surface area contributed by atoms with Crippen LogP contribution < -0.4 is 5.32 Å². The van der Waals surface area contributed by atoms with Crippen LogP contribution in [0.4, 0.5) is 5.69 Å². The molecule has 1 aromatic rings. The topological polar surface area (TPSA) is 103 Å². The van der Waals surface area contributed by atoms with Gasteiger partial charge in [0.25, 0.3) is 0 Å². The quantitative estimate of drug-likeness (QED) is 0.724. The van der Waals surface area contributed by atoms with Crippen molar-refractivity contribution in [2.75, 3.05) is 38.7 Å². The van der Waals surface area contributed by atoms with Crippen LogP contribution in [0.1, 0.15) is 5.56 Å². The van der Waals surface area contributed by atoms with Gasteiger partial charge in [-0.25, -0.2) is 0 Å². The molecule has 0 heterocycles. The molecule has 1 rings (SSSR count). The molecule has 0 atom stereocenters. The summed E-state index contributed by atoms with van der Waals surface area (Å²) in [6.45, 7) is 0.417. The second-order valence-electron chi connectivity index (χ2n) is 4.33. The number of methoxy groups -OCH3 is 1. The fourth-order valence-electron chi connectivity index (χ4n) is 1.66. The lowest BCUT2D eigenvalue weighted by Gasteiger charge is -2.19. The highest BCUT2D eigenvalue weighted by Crippen LogP contribution is 2.08. The van der Waals surface area contributed by atoms with Crippen molar-refractivity contribution >= 4 is 17.6 Å². The molecule has 2 N–H and O–H groups in total. The van der Waals surface area contributed by atoms with Gasteiger partial charge in [-0.2, -0.15) is 5.26 Å². The van der Waals surface area contributed by atoms with E-state index in [4.69, 9.17) is 15.1 Å². The largest absolute Gasteiger partial charge is 0.480 e. The SMILES string of the molecule is COCCN(CC(=O)O)CC(=O)Nc1ccc(C#N)cc1. The predicted octanol–water partition coefficient (Wildman–Crippen LogP) is 0.530. The first-order chi connectivity index (χ1) is 10.0. The van der Waals surface area contributed by atoms with Crippen LogP contribution in [0.2, 0.25) is 0 Å². The number of carboxylic acids is 1. The highest BCUT2D eigenvalue weighted by atomic mass is 16.5. The van der Waals surface area contributed by atoms with E-state index in [0.29, 0.717) is 24.4 Å². The number of ether oxygens (including phenoxy) is 1. The van der Waals surface area contributed by atoms with Gasteiger partial charge >= 0.3 is 5.97 Å². The highest BCUT2D eigenvalue weighted by molar-refractivity contribution is 5.92. The molecule has 21 heavy (non-hydrogen) atoms. The maximum atomic E-state index is 11.9. The summed E-state index contributed by atoms with van der Waals surface area (Å²) in [5, 5.41) is 20.1. The van der Waals surface area contributed by atoms with Gasteiger partial charge in [0.2, 0.25) is 5.91 Å². The molecular weight excluding hydrogens is 274 g/mol. The van der Waals surface area contributed by atoms with E-state index < -0.39 is 5.97 Å². The summed E-state index contributed by atoms with van der Waals surface area (Å²) in [5.74, 6) is -1.32. The molecule has 0 radical (unpaired) electrons. The third-order valence-electron chi connectivity index (χ3n) is 2.64. The highest BCUT2D eigenvalue weighted by Gasteiger charge is 2.13. The lowest BCUT2D eigenvalue weighted by molar-refractivity contribution is -0.138. The fraction of sp³-hybridized carbons (Fsp3) is 0.357. The number of nitriles is 1. The minimum absolute atomic E-state index is 0.0460. The van der Waals surface area contributed by atoms with Gasteiger partial charge in [-0.3, -0.25) is 14.5 Å². The van der Waals surface area contributed by atoms with E-state index in [9.17, 15) is 9.59 Å². The molecule has 1 amide bonds. The van der Waals surface area contributed by atoms with Gasteiger partial charge in [-0.05, 0) is 24.3 Å². The number of amides is 1. The van der Waals surface area contributed by atoms with Crippen LogP contribution in [0.15, 0.2) is 24.3 Å². The zero-order valence-corrected chi connectivity index (χ0v) is 11.7. The van der Waals surface area contributed by atoms with Crippen molar-refractivity contribution < 1.29 is 19.4 Å². The molecule has 112 valence electrons. The van der Waals surface area contributed by atoms with Crippen molar-refractivity contribution in [3.8, 4) is 6.07 Å². The number of rotatable bonds is 8. The van der Waals surface area contributed by atoms with E-state index in [1.807, 2.05) is 6.07 Å². The van der Waals surface area contributed by atoms with Crippen LogP contribution in [0.3, 0.4) is 0 Å². The number of anilines is 1. The monoisotopic (exact) mass is 291 g/mol. The minimum Gasteiger partial charge on any atom is -0.480 e. The molecule has 0 bridgehead atoms. The maximum Gasteiger partial charge on any atom is 0.317 e. The number of nitrogens with zero attached hydrogens (tertiary/aromatic N) is 2. The Morgan fingerprint density at radius 1 is 1.33 bits per heavy atom. The third-order valence-corrected chi connectivity index (χ3v) is 2.64. The lowest BCUT2D eigenvalue weighted by Crippen LogP contribution is -2.38. The third kappa shape index (κ3) is 6.51. The molecule has 1 aromatic carbocycles. The van der Waals surface area contributed by atoms with Gasteiger partial charge in [-0.15, -0.1) is 0 Å². The normalized spacial score (nSPS) is 10.1. The van der Waals surface area contributed by atoms with E-state index in [2.05, 4.69) is 5.32 Å². The molecule has 0 aliphatic carbocycles. The summed E-state index contributed by atoms with van der Waals surface area (Å²) in [7, 11) is 1.51. The second-order valence-corrected chi connectivity index (χ2v) is 4.33. The number of carboxylic acid groups (broad SMARTS) is 1. The number of carbonyl (C=O) groups excluding carboxylic acids is 1. The molecule has 7 nitrogen and oxygen atoms in total. The average molecular weight is 291 g/mol. The van der Waals surface area contributed by atoms with Gasteiger partial charge < -0.3 is 15.2 Å². The van der Waals surface area contributed by atoms with Crippen molar-refractivity contribution in [2.45, 2.75) is 0 Å². The van der Waals surface area contributed by atoms with E-state index in [1.54, 1.807) is 24.3 Å². The predicted molar refractivity (Wildman–Crippen MR) is 75.7 cm³/mol. The number of nitrogens with one attached hydrogen (secondary N) is 1. The van der Waals surface area contributed by atoms with Crippen molar-refractivity contribution in [3.05, 3.63) is 29.8 Å². The molecule has 0 aliphatic rings. The van der Waals surface area contributed by atoms with Crippen LogP contribution in [-0.4, -0.2) is 55.2 Å². The molecule has 7 heteroatoms. The summed E-state index contributed by atoms with van der Waals surface area (Å²) in [6.07, 6.45) is 0. The standard InChI is InChI=1S/C14H17N3O4/c1-21-7-6-17(10-14(19)20)9-13(18)16-12-4-2-11(8-15)3-5-12/h2-5H,6-7,9-10H2,1H3,(H,16,18)(H,19,20). The molecule has 0 spiro atoms. The van der Waals surface area contributed by atoms with E-state index in [-0.39, 0.29) is 19.0 Å². The zero-order chi connectivity index (χ0) is 15.7. The van der Waals surface area contributed by atoms with Gasteiger partial charge in [0.1, 0.15) is 0 Å². The molecule has 0 aliphatic heterocycles. The Balaban J connectivity index is 2.55. The summed E-state index contributed by atoms with van der Waals surface area (Å²) in [4.78, 5) is 24.1. The Morgan fingerprint density at radius 3 is 2.52 bits per heavy atom. The van der Waals surface area contributed by atoms with Crippen molar-refractivity contribution in [1.82, 2.24) is 4.90 Å². The summed E-state index contributed by atoms with van der Waals surface area (Å²) < 4.78 is 4.88. The maximum absolute atomic E-state index is 11.9. The van der Waals surface area contributed by atoms with Crippen LogP contribution in [0.25, 0.3) is 0 Å². The number of hydrogen-bond donors (Lipinski definition) is 2. The van der Waals surface area contributed by atoms with Gasteiger partial charge in [0.15, 0.2) is 0 Å². The van der Waals surface area contributed by atoms with Crippen LogP contribution in [-0.2, 0) is 14.3 Å². The van der Waals surface area contributed by atoms with E-state index in [1.165, 1.54) is 12.0 Å². The summed E-state index contributed by atoms with van der Waals surface area (Å²) >= 11 is 0. The molecule has 0 aromatic heterocycles. The first kappa shape index (κ1) is 16.6. The number of aliphatic carboxylic acids is 1.